The Kier molecular flexibility index (Phi) is 7.78. The third kappa shape index (κ3) is 5.74. The van der Waals surface area contributed by atoms with Crippen molar-refractivity contribution in [2.75, 3.05) is 0 Å². The fraction of sp³-hybridized carbons (Fsp3) is 0. The molecule has 0 unspecified atom stereocenters. The Hall–Kier alpha value is -7.69. The van der Waals surface area contributed by atoms with Crippen molar-refractivity contribution in [3.05, 3.63) is 200 Å². The van der Waals surface area contributed by atoms with Crippen molar-refractivity contribution < 1.29 is 4.42 Å². The third-order valence-electron chi connectivity index (χ3n) is 11.0. The zero-order chi connectivity index (χ0) is 37.7. The van der Waals surface area contributed by atoms with Crippen molar-refractivity contribution in [1.82, 2.24) is 15.0 Å². The summed E-state index contributed by atoms with van der Waals surface area (Å²) < 4.78 is 6.59. The molecule has 0 bridgehead atoms. The van der Waals surface area contributed by atoms with Crippen molar-refractivity contribution in [1.29, 1.82) is 0 Å². The number of hydrogen-bond acceptors (Lipinski definition) is 4. The quantitative estimate of drug-likeness (QED) is 0.171. The van der Waals surface area contributed by atoms with Crippen LogP contribution in [0.25, 0.3) is 111 Å². The number of furan rings is 1. The molecule has 11 aromatic rings. The van der Waals surface area contributed by atoms with E-state index < -0.39 is 0 Å². The number of fused-ring (bicyclic) bond motifs is 5. The predicted octanol–water partition coefficient (Wildman–Crippen LogP) is 14.1. The summed E-state index contributed by atoms with van der Waals surface area (Å²) in [5, 5.41) is 6.85. The van der Waals surface area contributed by atoms with Gasteiger partial charge in [-0.3, -0.25) is 0 Å². The van der Waals surface area contributed by atoms with E-state index in [-0.39, 0.29) is 0 Å². The first-order chi connectivity index (χ1) is 28.2. The van der Waals surface area contributed by atoms with Gasteiger partial charge in [-0.2, -0.15) is 0 Å². The molecule has 57 heavy (non-hydrogen) atoms. The van der Waals surface area contributed by atoms with Gasteiger partial charge in [-0.05, 0) is 79.2 Å². The highest BCUT2D eigenvalue weighted by molar-refractivity contribution is 6.13. The Morgan fingerprint density at radius 1 is 0.281 bits per heavy atom. The Morgan fingerprint density at radius 2 is 0.789 bits per heavy atom. The molecule has 9 aromatic carbocycles. The lowest BCUT2D eigenvalue weighted by molar-refractivity contribution is 0.669. The Bertz CT molecular complexity index is 3270. The second kappa shape index (κ2) is 13.6. The molecule has 4 heteroatoms. The smallest absolute Gasteiger partial charge is 0.164 e. The van der Waals surface area contributed by atoms with Crippen LogP contribution in [0.5, 0.6) is 0 Å². The second-order valence-corrected chi connectivity index (χ2v) is 14.3. The molecule has 266 valence electrons. The fourth-order valence-corrected chi connectivity index (χ4v) is 8.22. The van der Waals surface area contributed by atoms with Crippen LogP contribution < -0.4 is 0 Å². The highest BCUT2D eigenvalue weighted by Gasteiger charge is 2.18. The molecule has 0 N–H and O–H groups in total. The number of aromatic nitrogens is 3. The maximum Gasteiger partial charge on any atom is 0.164 e. The number of nitrogens with zero attached hydrogens (tertiary/aromatic N) is 3. The predicted molar refractivity (Wildman–Crippen MR) is 235 cm³/mol. The van der Waals surface area contributed by atoms with Crippen molar-refractivity contribution in [3.8, 4) is 67.5 Å². The molecular weight excluding hydrogens is 695 g/mol. The summed E-state index contributed by atoms with van der Waals surface area (Å²) in [5.74, 6) is 1.82. The largest absolute Gasteiger partial charge is 0.456 e. The maximum atomic E-state index is 6.59. The molecule has 0 fully saturated rings. The Labute approximate surface area is 329 Å². The minimum atomic E-state index is 0.585. The summed E-state index contributed by atoms with van der Waals surface area (Å²) in [6.07, 6.45) is 0. The van der Waals surface area contributed by atoms with Gasteiger partial charge in [0.25, 0.3) is 0 Å². The maximum absolute atomic E-state index is 6.59. The molecule has 11 rings (SSSR count). The lowest BCUT2D eigenvalue weighted by Crippen LogP contribution is -2.00. The molecule has 0 spiro atoms. The molecule has 0 saturated heterocycles. The topological polar surface area (TPSA) is 51.8 Å². The molecule has 0 aliphatic heterocycles. The molecule has 0 atom stereocenters. The van der Waals surface area contributed by atoms with Crippen LogP contribution in [0.3, 0.4) is 0 Å². The summed E-state index contributed by atoms with van der Waals surface area (Å²) in [6, 6.07) is 69.9. The lowest BCUT2D eigenvalue weighted by atomic mass is 9.94. The van der Waals surface area contributed by atoms with Gasteiger partial charge in [0.2, 0.25) is 0 Å². The second-order valence-electron chi connectivity index (χ2n) is 14.3. The average Bonchev–Trinajstić information content (AvgIpc) is 3.67. The van der Waals surface area contributed by atoms with Gasteiger partial charge >= 0.3 is 0 Å². The Balaban J connectivity index is 1.02. The normalized spacial score (nSPS) is 11.5. The van der Waals surface area contributed by atoms with Crippen molar-refractivity contribution in [3.63, 3.8) is 0 Å². The average molecular weight is 728 g/mol. The summed E-state index contributed by atoms with van der Waals surface area (Å²) in [6.45, 7) is 0. The van der Waals surface area contributed by atoms with Gasteiger partial charge in [0, 0.05) is 27.5 Å². The van der Waals surface area contributed by atoms with Crippen LogP contribution in [0.1, 0.15) is 0 Å². The molecule has 0 radical (unpaired) electrons. The van der Waals surface area contributed by atoms with Crippen LogP contribution in [0.15, 0.2) is 205 Å². The van der Waals surface area contributed by atoms with E-state index >= 15 is 0 Å². The van der Waals surface area contributed by atoms with Crippen LogP contribution in [0, 0.1) is 0 Å². The van der Waals surface area contributed by atoms with Gasteiger partial charge in [-0.1, -0.05) is 176 Å². The first-order valence-electron chi connectivity index (χ1n) is 19.2. The molecule has 0 aliphatic rings. The summed E-state index contributed by atoms with van der Waals surface area (Å²) >= 11 is 0. The van der Waals surface area contributed by atoms with Crippen molar-refractivity contribution in [2.45, 2.75) is 0 Å². The van der Waals surface area contributed by atoms with Crippen LogP contribution in [-0.2, 0) is 0 Å². The molecule has 2 heterocycles. The molecular formula is C53H33N3O. The zero-order valence-electron chi connectivity index (χ0n) is 30.8. The van der Waals surface area contributed by atoms with E-state index in [1.807, 2.05) is 42.5 Å². The molecule has 2 aromatic heterocycles. The Morgan fingerprint density at radius 3 is 1.56 bits per heavy atom. The molecule has 0 saturated carbocycles. The number of hydrogen-bond donors (Lipinski definition) is 0. The van der Waals surface area contributed by atoms with Gasteiger partial charge in [0.05, 0.1) is 0 Å². The van der Waals surface area contributed by atoms with E-state index in [1.54, 1.807) is 0 Å². The van der Waals surface area contributed by atoms with Gasteiger partial charge in [-0.25, -0.2) is 15.0 Å². The van der Waals surface area contributed by atoms with E-state index in [4.69, 9.17) is 19.4 Å². The highest BCUT2D eigenvalue weighted by Crippen LogP contribution is 2.40. The lowest BCUT2D eigenvalue weighted by Gasteiger charge is -2.13. The van der Waals surface area contributed by atoms with Gasteiger partial charge in [0.15, 0.2) is 17.5 Å². The van der Waals surface area contributed by atoms with Crippen LogP contribution in [0.2, 0.25) is 0 Å². The minimum absolute atomic E-state index is 0.585. The van der Waals surface area contributed by atoms with E-state index in [0.717, 1.165) is 60.5 Å². The van der Waals surface area contributed by atoms with Crippen molar-refractivity contribution in [2.24, 2.45) is 0 Å². The van der Waals surface area contributed by atoms with Crippen molar-refractivity contribution >= 4 is 43.5 Å². The molecule has 4 nitrogen and oxygen atoms in total. The monoisotopic (exact) mass is 727 g/mol. The zero-order valence-corrected chi connectivity index (χ0v) is 30.8. The highest BCUT2D eigenvalue weighted by atomic mass is 16.3. The number of rotatable bonds is 6. The first-order valence-corrected chi connectivity index (χ1v) is 19.2. The summed E-state index contributed by atoms with van der Waals surface area (Å²) in [5.41, 5.74) is 11.4. The van der Waals surface area contributed by atoms with Gasteiger partial charge in [-0.15, -0.1) is 0 Å². The van der Waals surface area contributed by atoms with Gasteiger partial charge < -0.3 is 4.42 Å². The minimum Gasteiger partial charge on any atom is -0.456 e. The van der Waals surface area contributed by atoms with E-state index in [1.165, 1.54) is 33.0 Å². The van der Waals surface area contributed by atoms with Crippen LogP contribution in [-0.4, -0.2) is 15.0 Å². The number of benzene rings is 9. The fourth-order valence-electron chi connectivity index (χ4n) is 8.22. The SMILES string of the molecule is c1ccc(-c2nc(-c3ccc4c(c3)oc3cccc(-c5ccc(-c6cccc7ccccc67)cc5)c34)nc(-c3ccc(-c4ccccc4)c4ccccc34)n2)cc1. The summed E-state index contributed by atoms with van der Waals surface area (Å²) in [7, 11) is 0. The first kappa shape index (κ1) is 32.7. The third-order valence-corrected chi connectivity index (χ3v) is 11.0. The van der Waals surface area contributed by atoms with E-state index in [2.05, 4.69) is 158 Å². The summed E-state index contributed by atoms with van der Waals surface area (Å²) in [4.78, 5) is 15.3. The molecule has 0 amide bonds. The van der Waals surface area contributed by atoms with E-state index in [9.17, 15) is 0 Å². The van der Waals surface area contributed by atoms with Crippen LogP contribution >= 0.6 is 0 Å². The van der Waals surface area contributed by atoms with Crippen LogP contribution in [0.4, 0.5) is 0 Å². The van der Waals surface area contributed by atoms with Gasteiger partial charge in [0.1, 0.15) is 11.2 Å². The molecule has 0 aliphatic carbocycles. The van der Waals surface area contributed by atoms with E-state index in [0.29, 0.717) is 17.5 Å². The standard InChI is InChI=1S/C53H33N3O/c1-3-13-34(14-4-1)42-31-32-46(45-21-10-9-20-44(42)45)53-55-51(38-16-5-2-6-17-38)54-52(56-53)39-29-30-47-49(33-39)57-48-24-12-23-43(50(47)48)37-27-25-36(26-28-37)41-22-11-18-35-15-7-8-19-40(35)41/h1-33H.